The molecule has 5 heterocycles. The Morgan fingerprint density at radius 3 is 1.81 bits per heavy atom. The van der Waals surface area contributed by atoms with E-state index in [9.17, 15) is 38.7 Å². The maximum absolute atomic E-state index is 13.5. The number of nitrogens with two attached hydrogens (primary N) is 6. The molecule has 0 aromatic carbocycles. The molecule has 0 aromatic heterocycles. The van der Waals surface area contributed by atoms with Gasteiger partial charge in [0.05, 0.1) is 17.7 Å². The molecule has 1 fully saturated rings. The summed E-state index contributed by atoms with van der Waals surface area (Å²) in [5, 5.41) is 16.4. The minimum atomic E-state index is -1.39. The van der Waals surface area contributed by atoms with E-state index in [1.54, 1.807) is 6.92 Å². The molecule has 0 aromatic rings. The number of aliphatic hydroxyl groups excluding tert-OH is 1. The summed E-state index contributed by atoms with van der Waals surface area (Å²) in [5.41, 5.74) is 34.9. The Hall–Kier alpha value is -5.72. The van der Waals surface area contributed by atoms with E-state index in [1.165, 1.54) is 0 Å². The van der Waals surface area contributed by atoms with Gasteiger partial charge in [-0.15, -0.1) is 0 Å². The molecule has 368 valence electrons. The first-order valence-corrected chi connectivity index (χ1v) is 23.3. The monoisotopic (exact) mass is 932 g/mol. The van der Waals surface area contributed by atoms with Crippen molar-refractivity contribution in [2.24, 2.45) is 94.7 Å². The highest BCUT2D eigenvalue weighted by atomic mass is 16.3. The van der Waals surface area contributed by atoms with Gasteiger partial charge in [0.15, 0.2) is 0 Å². The minimum Gasteiger partial charge on any atom is -0.392 e. The summed E-state index contributed by atoms with van der Waals surface area (Å²) in [4.78, 5) is 108. The van der Waals surface area contributed by atoms with E-state index in [0.29, 0.717) is 51.8 Å². The van der Waals surface area contributed by atoms with Crippen molar-refractivity contribution in [2.75, 3.05) is 6.54 Å². The average Bonchev–Trinajstić information content (AvgIpc) is 3.80. The molecule has 10 atom stereocenters. The van der Waals surface area contributed by atoms with Gasteiger partial charge in [0.2, 0.25) is 41.4 Å². The third-order valence-corrected chi connectivity index (χ3v) is 16.1. The van der Waals surface area contributed by atoms with Crippen molar-refractivity contribution < 1.29 is 38.7 Å². The van der Waals surface area contributed by atoms with Crippen molar-refractivity contribution in [2.45, 2.75) is 151 Å². The van der Waals surface area contributed by atoms with E-state index in [2.05, 4.69) is 10.6 Å². The van der Waals surface area contributed by atoms with Crippen LogP contribution in [-0.2, 0) is 33.6 Å². The number of nitrogens with zero attached hydrogens (tertiary/aromatic N) is 3. The summed E-state index contributed by atoms with van der Waals surface area (Å²) in [6.07, 6.45) is 1.23. The van der Waals surface area contributed by atoms with Gasteiger partial charge in [-0.1, -0.05) is 34.6 Å². The van der Waals surface area contributed by atoms with Gasteiger partial charge in [-0.2, -0.15) is 0 Å². The number of fused-ring (bicyclic) bond motifs is 6. The predicted molar refractivity (Wildman–Crippen MR) is 254 cm³/mol. The summed E-state index contributed by atoms with van der Waals surface area (Å²) in [5.74, 6) is -6.25. The number of nitrogens with one attached hydrogen (secondary N) is 2. The molecule has 1 unspecified atom stereocenters. The summed E-state index contributed by atoms with van der Waals surface area (Å²) in [7, 11) is 0. The zero-order chi connectivity index (χ0) is 50.4. The molecule has 0 radical (unpaired) electrons. The fraction of sp³-hybridized carbons (Fsp3) is 0.667. The Balaban J connectivity index is 2.00. The van der Waals surface area contributed by atoms with Crippen molar-refractivity contribution in [3.05, 3.63) is 34.3 Å². The second-order valence-corrected chi connectivity index (χ2v) is 21.2. The molecule has 8 bridgehead atoms. The first kappa shape index (κ1) is 52.3. The molecule has 7 amide bonds. The Bertz CT molecular complexity index is 2310. The lowest BCUT2D eigenvalue weighted by Crippen LogP contribution is -2.56. The lowest BCUT2D eigenvalue weighted by molar-refractivity contribution is -0.124. The number of allylic oxidation sites excluding steroid dienone is 6. The molecular weight excluding hydrogens is 859 g/mol. The number of aliphatic imine (C=N–C) groups is 3. The molecular formula is C48H73N11O8. The number of amides is 7. The van der Waals surface area contributed by atoms with Gasteiger partial charge in [0.25, 0.3) is 0 Å². The van der Waals surface area contributed by atoms with Crippen molar-refractivity contribution in [1.29, 1.82) is 0 Å². The van der Waals surface area contributed by atoms with E-state index in [4.69, 9.17) is 49.4 Å². The number of carbonyl (C=O) groups is 7. The molecule has 67 heavy (non-hydrogen) atoms. The van der Waals surface area contributed by atoms with Crippen LogP contribution in [0, 0.1) is 45.3 Å². The number of aliphatic hydroxyl groups is 1. The van der Waals surface area contributed by atoms with Crippen LogP contribution in [0.3, 0.4) is 0 Å². The zero-order valence-electron chi connectivity index (χ0n) is 40.6. The summed E-state index contributed by atoms with van der Waals surface area (Å²) < 4.78 is 0. The van der Waals surface area contributed by atoms with E-state index < -0.39 is 98.5 Å². The lowest BCUT2D eigenvalue weighted by Gasteiger charge is -2.48. The van der Waals surface area contributed by atoms with Crippen LogP contribution in [0.2, 0.25) is 0 Å². The van der Waals surface area contributed by atoms with Crippen molar-refractivity contribution in [1.82, 2.24) is 10.6 Å². The fourth-order valence-corrected chi connectivity index (χ4v) is 12.3. The van der Waals surface area contributed by atoms with Crippen LogP contribution in [0.15, 0.2) is 49.3 Å². The SMILES string of the molecule is C/C1=C2N=C(/C=C3\N/C(=C(/C)C4=N[C@@](C)(C5N=C1[C@](C)(CCC(=O)NC[C@H](C)O)[C@H]5CC(N)=O)[C@@](C)(CC(N)=O)[C@@H]4CCC(N)=O)[C@@](C)(CC(N)=O)[C@@H]3CCC(N)=O)C(C)(C)[C@@H]/2CCC(N)=O. The molecule has 0 aliphatic carbocycles. The standard InChI is InChI=1S/C48H73N11O8/c1-23(60)22-55-38(67)16-17-45(6)29(18-35(52)64)43-48(9)47(8,21-37(54)66)28(12-15-34(51)63)40(59-48)25(3)42-46(7,20-36(53)65)26(10-13-32(49)61)30(56-42)19-31-44(4,5)27(11-14-33(50)62)39(57-31)24(2)41(45)58-43/h19,23,26-29,43,56,60H,10-18,20-22H2,1-9H3,(H2,49,61)(H2,50,62)(H2,51,63)(H2,52,64)(H2,53,65)(H2,54,66)(H,55,67)/b30-19-,39-24-,42-25-/t23-,26+,27+,28+,29-,43?,45+,46-,47-,48-/m0/s1. The van der Waals surface area contributed by atoms with E-state index >= 15 is 0 Å². The molecule has 15 N–H and O–H groups in total. The van der Waals surface area contributed by atoms with Crippen LogP contribution < -0.4 is 45.0 Å². The highest BCUT2D eigenvalue weighted by Crippen LogP contribution is 2.62. The predicted octanol–water partition coefficient (Wildman–Crippen LogP) is 1.74. The van der Waals surface area contributed by atoms with Crippen LogP contribution in [0.4, 0.5) is 0 Å². The van der Waals surface area contributed by atoms with E-state index in [0.717, 1.165) is 0 Å². The summed E-state index contributed by atoms with van der Waals surface area (Å²) in [6, 6.07) is -0.913. The van der Waals surface area contributed by atoms with Crippen LogP contribution >= 0.6 is 0 Å². The van der Waals surface area contributed by atoms with Crippen molar-refractivity contribution in [3.63, 3.8) is 0 Å². The Morgan fingerprint density at radius 2 is 1.28 bits per heavy atom. The van der Waals surface area contributed by atoms with Gasteiger partial charge in [0, 0.05) is 131 Å². The number of hydrogen-bond acceptors (Lipinski definition) is 12. The molecule has 5 aliphatic heterocycles. The minimum absolute atomic E-state index is 0.0237. The third kappa shape index (κ3) is 9.84. The first-order valence-electron chi connectivity index (χ1n) is 23.3. The van der Waals surface area contributed by atoms with Crippen molar-refractivity contribution in [3.8, 4) is 0 Å². The second-order valence-electron chi connectivity index (χ2n) is 21.2. The van der Waals surface area contributed by atoms with Gasteiger partial charge < -0.3 is 50.1 Å². The van der Waals surface area contributed by atoms with Crippen LogP contribution in [0.1, 0.15) is 133 Å². The molecule has 0 spiro atoms. The van der Waals surface area contributed by atoms with Crippen LogP contribution in [-0.4, -0.2) is 87.8 Å². The third-order valence-electron chi connectivity index (χ3n) is 16.1. The highest BCUT2D eigenvalue weighted by Gasteiger charge is 2.66. The quantitative estimate of drug-likeness (QED) is 0.0857. The Morgan fingerprint density at radius 1 is 0.731 bits per heavy atom. The normalized spacial score (nSPS) is 35.2. The largest absolute Gasteiger partial charge is 0.392 e. The van der Waals surface area contributed by atoms with Gasteiger partial charge in [-0.25, -0.2) is 0 Å². The Labute approximate surface area is 393 Å². The maximum atomic E-state index is 13.5. The topological polar surface area (TPSA) is 357 Å². The number of primary amides is 6. The van der Waals surface area contributed by atoms with Gasteiger partial charge in [0.1, 0.15) is 0 Å². The lowest BCUT2D eigenvalue weighted by atomic mass is 9.55. The Kier molecular flexibility index (Phi) is 14.9. The molecule has 1 saturated heterocycles. The molecule has 5 rings (SSSR count). The molecule has 5 aliphatic rings. The summed E-state index contributed by atoms with van der Waals surface area (Å²) >= 11 is 0. The summed E-state index contributed by atoms with van der Waals surface area (Å²) in [6.45, 7) is 16.9. The smallest absolute Gasteiger partial charge is 0.220 e. The first-order chi connectivity index (χ1) is 30.9. The maximum Gasteiger partial charge on any atom is 0.220 e. The highest BCUT2D eigenvalue weighted by molar-refractivity contribution is 6.10. The van der Waals surface area contributed by atoms with Crippen LogP contribution in [0.5, 0.6) is 0 Å². The number of rotatable bonds is 20. The second kappa shape index (κ2) is 19.1. The average molecular weight is 932 g/mol. The zero-order valence-corrected chi connectivity index (χ0v) is 40.6. The van der Waals surface area contributed by atoms with E-state index in [-0.39, 0.29) is 76.7 Å². The number of hydrogen-bond donors (Lipinski definition) is 9. The van der Waals surface area contributed by atoms with Gasteiger partial charge >= 0.3 is 0 Å². The molecule has 19 nitrogen and oxygen atoms in total. The van der Waals surface area contributed by atoms with Gasteiger partial charge in [-0.05, 0) is 70.6 Å². The fourth-order valence-electron chi connectivity index (χ4n) is 12.3. The van der Waals surface area contributed by atoms with E-state index in [1.807, 2.05) is 61.5 Å². The molecule has 19 heteroatoms. The molecule has 0 saturated carbocycles. The van der Waals surface area contributed by atoms with Crippen molar-refractivity contribution >= 4 is 58.5 Å². The van der Waals surface area contributed by atoms with Gasteiger partial charge in [-0.3, -0.25) is 48.5 Å². The number of carbonyl (C=O) groups excluding carboxylic acids is 7. The van der Waals surface area contributed by atoms with Crippen LogP contribution in [0.25, 0.3) is 0 Å².